The van der Waals surface area contributed by atoms with Gasteiger partial charge in [0.25, 0.3) is 5.91 Å². The number of nitrogens with one attached hydrogen (secondary N) is 2. The highest BCUT2D eigenvalue weighted by Crippen LogP contribution is 2.23. The fourth-order valence-electron chi connectivity index (χ4n) is 2.29. The molecule has 144 valence electrons. The van der Waals surface area contributed by atoms with Gasteiger partial charge in [-0.3, -0.25) is 9.48 Å². The summed E-state index contributed by atoms with van der Waals surface area (Å²) in [5, 5.41) is 15.8. The number of carbonyl (C=O) groups is 2. The zero-order chi connectivity index (χ0) is 19.8. The summed E-state index contributed by atoms with van der Waals surface area (Å²) >= 11 is 0. The van der Waals surface area contributed by atoms with Crippen molar-refractivity contribution in [3.05, 3.63) is 42.2 Å². The van der Waals surface area contributed by atoms with Crippen LogP contribution in [-0.4, -0.2) is 41.2 Å². The van der Waals surface area contributed by atoms with Gasteiger partial charge in [0.15, 0.2) is 5.54 Å². The second-order valence-corrected chi connectivity index (χ2v) is 8.63. The van der Waals surface area contributed by atoms with Gasteiger partial charge < -0.3 is 10.4 Å². The van der Waals surface area contributed by atoms with Crippen molar-refractivity contribution in [2.45, 2.75) is 43.2 Å². The molecule has 3 rings (SSSR count). The Labute approximate surface area is 156 Å². The first kappa shape index (κ1) is 19.1. The van der Waals surface area contributed by atoms with E-state index in [2.05, 4.69) is 15.1 Å². The molecule has 1 fully saturated rings. The summed E-state index contributed by atoms with van der Waals surface area (Å²) in [5.41, 5.74) is -0.802. The molecule has 0 unspecified atom stereocenters. The van der Waals surface area contributed by atoms with E-state index in [9.17, 15) is 23.1 Å². The molecule has 0 radical (unpaired) electrons. The summed E-state index contributed by atoms with van der Waals surface area (Å²) in [6.07, 6.45) is 4.37. The second-order valence-electron chi connectivity index (χ2n) is 6.92. The van der Waals surface area contributed by atoms with Crippen LogP contribution in [0, 0.1) is 0 Å². The van der Waals surface area contributed by atoms with Gasteiger partial charge in [-0.1, -0.05) is 6.07 Å². The van der Waals surface area contributed by atoms with Gasteiger partial charge in [0.1, 0.15) is 0 Å². The Morgan fingerprint density at radius 1 is 1.30 bits per heavy atom. The van der Waals surface area contributed by atoms with Crippen LogP contribution in [0.1, 0.15) is 37.0 Å². The molecule has 1 aliphatic carbocycles. The normalized spacial score (nSPS) is 14.7. The Morgan fingerprint density at radius 2 is 2.00 bits per heavy atom. The minimum absolute atomic E-state index is 0.0183. The number of carboxylic acids is 1. The van der Waals surface area contributed by atoms with Crippen LogP contribution in [0.15, 0.2) is 41.6 Å². The number of aromatic nitrogens is 2. The monoisotopic (exact) mass is 392 g/mol. The van der Waals surface area contributed by atoms with Crippen LogP contribution in [0.2, 0.25) is 0 Å². The minimum Gasteiger partial charge on any atom is -0.479 e. The Morgan fingerprint density at radius 3 is 2.63 bits per heavy atom. The standard InChI is InChI=1S/C17H20N4O5S/c1-17(2,16(23)24)21-10-13(9-18-21)19-15(22)11-4-3-5-14(8-11)27(25,26)20-12-6-7-12/h3-5,8-10,12,20H,6-7H2,1-2H3,(H,19,22)(H,23,24). The molecule has 9 nitrogen and oxygen atoms in total. The number of hydrogen-bond acceptors (Lipinski definition) is 5. The number of amides is 1. The lowest BCUT2D eigenvalue weighted by atomic mass is 10.1. The molecule has 1 aromatic heterocycles. The van der Waals surface area contributed by atoms with E-state index in [1.807, 2.05) is 0 Å². The molecule has 1 amide bonds. The van der Waals surface area contributed by atoms with Crippen LogP contribution >= 0.6 is 0 Å². The number of sulfonamides is 1. The molecule has 1 aliphatic rings. The fourth-order valence-corrected chi connectivity index (χ4v) is 3.64. The Hall–Kier alpha value is -2.72. The van der Waals surface area contributed by atoms with Crippen molar-refractivity contribution in [3.63, 3.8) is 0 Å². The van der Waals surface area contributed by atoms with Crippen LogP contribution in [-0.2, 0) is 20.4 Å². The van der Waals surface area contributed by atoms with Crippen molar-refractivity contribution < 1.29 is 23.1 Å². The van der Waals surface area contributed by atoms with Crippen molar-refractivity contribution >= 4 is 27.6 Å². The zero-order valence-electron chi connectivity index (χ0n) is 14.8. The van der Waals surface area contributed by atoms with E-state index in [-0.39, 0.29) is 16.5 Å². The minimum atomic E-state index is -3.66. The third-order valence-corrected chi connectivity index (χ3v) is 5.76. The number of benzene rings is 1. The van der Waals surface area contributed by atoms with Crippen LogP contribution < -0.4 is 10.0 Å². The van der Waals surface area contributed by atoms with Crippen molar-refractivity contribution in [2.24, 2.45) is 0 Å². The van der Waals surface area contributed by atoms with E-state index >= 15 is 0 Å². The van der Waals surface area contributed by atoms with Crippen molar-refractivity contribution in [2.75, 3.05) is 5.32 Å². The van der Waals surface area contributed by atoms with Crippen LogP contribution in [0.25, 0.3) is 0 Å². The molecule has 3 N–H and O–H groups in total. The lowest BCUT2D eigenvalue weighted by molar-refractivity contribution is -0.146. The van der Waals surface area contributed by atoms with E-state index in [0.717, 1.165) is 12.8 Å². The van der Waals surface area contributed by atoms with Gasteiger partial charge in [0.2, 0.25) is 10.0 Å². The maximum atomic E-state index is 12.4. The van der Waals surface area contributed by atoms with E-state index in [1.165, 1.54) is 55.2 Å². The average Bonchev–Trinajstić information content (AvgIpc) is 3.28. The van der Waals surface area contributed by atoms with E-state index in [1.54, 1.807) is 0 Å². The van der Waals surface area contributed by atoms with Gasteiger partial charge in [0.05, 0.1) is 16.8 Å². The molecule has 10 heteroatoms. The molecule has 2 aromatic rings. The van der Waals surface area contributed by atoms with Crippen molar-refractivity contribution in [1.82, 2.24) is 14.5 Å². The Kier molecular flexibility index (Phi) is 4.79. The topological polar surface area (TPSA) is 130 Å². The third kappa shape index (κ3) is 4.17. The first-order valence-corrected chi connectivity index (χ1v) is 9.80. The molecule has 27 heavy (non-hydrogen) atoms. The predicted molar refractivity (Wildman–Crippen MR) is 96.9 cm³/mol. The maximum absolute atomic E-state index is 12.4. The van der Waals surface area contributed by atoms with Crippen LogP contribution in [0.4, 0.5) is 5.69 Å². The van der Waals surface area contributed by atoms with E-state index in [4.69, 9.17) is 0 Å². The average molecular weight is 392 g/mol. The van der Waals surface area contributed by atoms with Gasteiger partial charge in [-0.05, 0) is 44.9 Å². The highest BCUT2D eigenvalue weighted by atomic mass is 32.2. The van der Waals surface area contributed by atoms with Gasteiger partial charge >= 0.3 is 5.97 Å². The lowest BCUT2D eigenvalue weighted by Crippen LogP contribution is -2.35. The maximum Gasteiger partial charge on any atom is 0.331 e. The van der Waals surface area contributed by atoms with Gasteiger partial charge in [-0.2, -0.15) is 5.10 Å². The molecule has 0 bridgehead atoms. The molecule has 0 atom stereocenters. The number of hydrogen-bond donors (Lipinski definition) is 3. The smallest absolute Gasteiger partial charge is 0.331 e. The highest BCUT2D eigenvalue weighted by Gasteiger charge is 2.30. The number of anilines is 1. The Bertz CT molecular complexity index is 992. The third-order valence-electron chi connectivity index (χ3n) is 4.24. The quantitative estimate of drug-likeness (QED) is 0.653. The molecule has 1 aromatic carbocycles. The lowest BCUT2D eigenvalue weighted by Gasteiger charge is -2.19. The highest BCUT2D eigenvalue weighted by molar-refractivity contribution is 7.89. The summed E-state index contributed by atoms with van der Waals surface area (Å²) < 4.78 is 28.4. The number of aliphatic carboxylic acids is 1. The molecule has 0 spiro atoms. The van der Waals surface area contributed by atoms with Gasteiger partial charge in [0, 0.05) is 17.8 Å². The van der Waals surface area contributed by atoms with E-state index < -0.39 is 27.4 Å². The fraction of sp³-hybridized carbons (Fsp3) is 0.353. The largest absolute Gasteiger partial charge is 0.479 e. The molecular formula is C17H20N4O5S. The number of carboxylic acid groups (broad SMARTS) is 1. The Balaban J connectivity index is 1.76. The molecule has 1 heterocycles. The zero-order valence-corrected chi connectivity index (χ0v) is 15.7. The van der Waals surface area contributed by atoms with Crippen LogP contribution in [0.3, 0.4) is 0 Å². The SMILES string of the molecule is CC(C)(C(=O)O)n1cc(NC(=O)c2cccc(S(=O)(=O)NC3CC3)c2)cn1. The summed E-state index contributed by atoms with van der Waals surface area (Å²) in [6.45, 7) is 2.96. The van der Waals surface area contributed by atoms with Crippen molar-refractivity contribution in [3.8, 4) is 0 Å². The first-order valence-electron chi connectivity index (χ1n) is 8.32. The molecule has 0 aliphatic heterocycles. The van der Waals surface area contributed by atoms with Crippen LogP contribution in [0.5, 0.6) is 0 Å². The number of carbonyl (C=O) groups excluding carboxylic acids is 1. The van der Waals surface area contributed by atoms with Crippen molar-refractivity contribution in [1.29, 1.82) is 0 Å². The van der Waals surface area contributed by atoms with Gasteiger partial charge in [-0.15, -0.1) is 0 Å². The molecule has 0 saturated heterocycles. The molecule has 1 saturated carbocycles. The van der Waals surface area contributed by atoms with Gasteiger partial charge in [-0.25, -0.2) is 17.9 Å². The first-order chi connectivity index (χ1) is 12.6. The van der Waals surface area contributed by atoms with E-state index in [0.29, 0.717) is 5.69 Å². The predicted octanol–water partition coefficient (Wildman–Crippen LogP) is 1.40. The summed E-state index contributed by atoms with van der Waals surface area (Å²) in [7, 11) is -3.66. The summed E-state index contributed by atoms with van der Waals surface area (Å²) in [4.78, 5) is 23.7. The second kappa shape index (κ2) is 6.78. The number of nitrogens with zero attached hydrogens (tertiary/aromatic N) is 2. The summed E-state index contributed by atoms with van der Waals surface area (Å²) in [5.74, 6) is -1.59. The molecular weight excluding hydrogens is 372 g/mol. The number of rotatable bonds is 7. The summed E-state index contributed by atoms with van der Waals surface area (Å²) in [6, 6.07) is 5.68.